The SMILES string of the molecule is C#CN(C(=O)C(NC(=O)OC(C)(C)C)C(C)CC)C(C(=O)NCCCCC)c1cccc(C)c1. The van der Waals surface area contributed by atoms with Gasteiger partial charge in [-0.1, -0.05) is 76.3 Å². The Balaban J connectivity index is 3.31. The molecule has 2 N–H and O–H groups in total. The van der Waals surface area contributed by atoms with Crippen molar-refractivity contribution in [2.45, 2.75) is 91.8 Å². The van der Waals surface area contributed by atoms with Crippen LogP contribution in [0.5, 0.6) is 0 Å². The van der Waals surface area contributed by atoms with Gasteiger partial charge in [0.25, 0.3) is 5.91 Å². The first-order valence-corrected chi connectivity index (χ1v) is 12.1. The maximum atomic E-state index is 13.7. The lowest BCUT2D eigenvalue weighted by atomic mass is 9.95. The number of nitrogens with zero attached hydrogens (tertiary/aromatic N) is 1. The Kier molecular flexibility index (Phi) is 11.6. The summed E-state index contributed by atoms with van der Waals surface area (Å²) in [6, 6.07) is 7.80. The number of hydrogen-bond donors (Lipinski definition) is 2. The quantitative estimate of drug-likeness (QED) is 0.278. The first-order chi connectivity index (χ1) is 15.9. The third-order valence-corrected chi connectivity index (χ3v) is 5.47. The van der Waals surface area contributed by atoms with Crippen LogP contribution < -0.4 is 10.6 Å². The molecule has 3 atom stereocenters. The fourth-order valence-electron chi connectivity index (χ4n) is 3.47. The summed E-state index contributed by atoms with van der Waals surface area (Å²) in [5.74, 6) is -1.12. The Bertz CT molecular complexity index is 869. The second-order valence-electron chi connectivity index (χ2n) is 9.66. The number of hydrogen-bond acceptors (Lipinski definition) is 4. The van der Waals surface area contributed by atoms with Crippen molar-refractivity contribution >= 4 is 17.9 Å². The highest BCUT2D eigenvalue weighted by Gasteiger charge is 2.37. The average Bonchev–Trinajstić information content (AvgIpc) is 2.76. The normalized spacial score (nSPS) is 13.7. The minimum atomic E-state index is -1.02. The molecule has 0 aromatic heterocycles. The van der Waals surface area contributed by atoms with Gasteiger partial charge in [0.05, 0.1) is 0 Å². The van der Waals surface area contributed by atoms with E-state index in [9.17, 15) is 14.4 Å². The highest BCUT2D eigenvalue weighted by Crippen LogP contribution is 2.24. The van der Waals surface area contributed by atoms with E-state index >= 15 is 0 Å². The molecule has 0 aliphatic rings. The van der Waals surface area contributed by atoms with E-state index in [0.29, 0.717) is 18.5 Å². The lowest BCUT2D eigenvalue weighted by molar-refractivity contribution is -0.139. The Morgan fingerprint density at radius 1 is 1.18 bits per heavy atom. The van der Waals surface area contributed by atoms with E-state index in [4.69, 9.17) is 11.2 Å². The molecule has 0 fully saturated rings. The summed E-state index contributed by atoms with van der Waals surface area (Å²) in [5.41, 5.74) is 0.831. The number of amides is 3. The van der Waals surface area contributed by atoms with Crippen molar-refractivity contribution < 1.29 is 19.1 Å². The van der Waals surface area contributed by atoms with Gasteiger partial charge in [-0.2, -0.15) is 0 Å². The number of unbranched alkanes of at least 4 members (excludes halogenated alkanes) is 2. The monoisotopic (exact) mass is 471 g/mol. The summed E-state index contributed by atoms with van der Waals surface area (Å²) >= 11 is 0. The van der Waals surface area contributed by atoms with E-state index in [1.165, 1.54) is 0 Å². The first kappa shape index (κ1) is 29.0. The molecule has 1 aromatic carbocycles. The van der Waals surface area contributed by atoms with E-state index in [1.807, 2.05) is 39.0 Å². The van der Waals surface area contributed by atoms with Crippen molar-refractivity contribution in [1.29, 1.82) is 0 Å². The van der Waals surface area contributed by atoms with Crippen LogP contribution in [0.1, 0.15) is 84.4 Å². The van der Waals surface area contributed by atoms with Crippen LogP contribution in [-0.2, 0) is 14.3 Å². The molecule has 0 aliphatic carbocycles. The number of terminal acetylenes is 1. The van der Waals surface area contributed by atoms with Gasteiger partial charge in [-0.25, -0.2) is 4.79 Å². The molecule has 1 rings (SSSR count). The summed E-state index contributed by atoms with van der Waals surface area (Å²) in [5, 5.41) is 5.59. The van der Waals surface area contributed by atoms with Crippen molar-refractivity contribution in [3.05, 3.63) is 35.4 Å². The van der Waals surface area contributed by atoms with Gasteiger partial charge in [0, 0.05) is 12.6 Å². The second-order valence-corrected chi connectivity index (χ2v) is 9.66. The van der Waals surface area contributed by atoms with E-state index in [1.54, 1.807) is 26.8 Å². The smallest absolute Gasteiger partial charge is 0.408 e. The van der Waals surface area contributed by atoms with Gasteiger partial charge >= 0.3 is 6.09 Å². The lowest BCUT2D eigenvalue weighted by Crippen LogP contribution is -2.54. The van der Waals surface area contributed by atoms with Gasteiger partial charge in [-0.05, 0) is 45.6 Å². The summed E-state index contributed by atoms with van der Waals surface area (Å²) in [4.78, 5) is 40.6. The van der Waals surface area contributed by atoms with Crippen molar-refractivity contribution in [3.8, 4) is 12.5 Å². The number of nitrogens with one attached hydrogen (secondary N) is 2. The van der Waals surface area contributed by atoms with Crippen LogP contribution in [0.25, 0.3) is 0 Å². The molecule has 0 bridgehead atoms. The molecule has 188 valence electrons. The standard InChI is InChI=1S/C27H41N3O4/c1-9-12-13-17-28-24(31)23(21-16-14-15-19(4)18-21)30(11-3)25(32)22(20(5)10-2)29-26(33)34-27(6,7)8/h3,14-16,18,20,22-23H,9-10,12-13,17H2,1-2,4-8H3,(H,28,31)(H,29,33). The van der Waals surface area contributed by atoms with Crippen LogP contribution in [0.3, 0.4) is 0 Å². The zero-order valence-corrected chi connectivity index (χ0v) is 21.7. The zero-order chi connectivity index (χ0) is 25.9. The molecule has 0 aliphatic heterocycles. The van der Waals surface area contributed by atoms with Crippen LogP contribution in [0.4, 0.5) is 4.79 Å². The first-order valence-electron chi connectivity index (χ1n) is 12.1. The predicted molar refractivity (Wildman–Crippen MR) is 135 cm³/mol. The summed E-state index contributed by atoms with van der Waals surface area (Å²) in [6.45, 7) is 13.5. The van der Waals surface area contributed by atoms with Crippen molar-refractivity contribution in [1.82, 2.24) is 15.5 Å². The molecule has 3 amide bonds. The van der Waals surface area contributed by atoms with Crippen LogP contribution in [0.2, 0.25) is 0 Å². The Morgan fingerprint density at radius 2 is 1.85 bits per heavy atom. The molecule has 0 spiro atoms. The second kappa shape index (κ2) is 13.6. The maximum Gasteiger partial charge on any atom is 0.408 e. The van der Waals surface area contributed by atoms with Crippen LogP contribution in [0, 0.1) is 25.3 Å². The van der Waals surface area contributed by atoms with Gasteiger partial charge in [-0.15, -0.1) is 0 Å². The molecule has 1 aromatic rings. The number of carbonyl (C=O) groups excluding carboxylic acids is 3. The molecule has 0 saturated heterocycles. The number of rotatable bonds is 11. The minimum absolute atomic E-state index is 0.235. The van der Waals surface area contributed by atoms with Crippen LogP contribution in [0.15, 0.2) is 24.3 Å². The molecule has 34 heavy (non-hydrogen) atoms. The number of carbonyl (C=O) groups is 3. The molecule has 7 nitrogen and oxygen atoms in total. The molecule has 0 saturated carbocycles. The number of aryl methyl sites for hydroxylation is 1. The van der Waals surface area contributed by atoms with Gasteiger partial charge in [0.15, 0.2) is 0 Å². The lowest BCUT2D eigenvalue weighted by Gasteiger charge is -2.32. The largest absolute Gasteiger partial charge is 0.444 e. The Morgan fingerprint density at radius 3 is 2.38 bits per heavy atom. The fraction of sp³-hybridized carbons (Fsp3) is 0.593. The van der Waals surface area contributed by atoms with E-state index in [2.05, 4.69) is 23.6 Å². The summed E-state index contributed by atoms with van der Waals surface area (Å²) in [7, 11) is 0. The fourth-order valence-corrected chi connectivity index (χ4v) is 3.47. The summed E-state index contributed by atoms with van der Waals surface area (Å²) < 4.78 is 5.36. The molecule has 7 heteroatoms. The molecule has 0 radical (unpaired) electrons. The third-order valence-electron chi connectivity index (χ3n) is 5.47. The minimum Gasteiger partial charge on any atom is -0.444 e. The van der Waals surface area contributed by atoms with Crippen molar-refractivity contribution in [3.63, 3.8) is 0 Å². The maximum absolute atomic E-state index is 13.7. The van der Waals surface area contributed by atoms with Crippen LogP contribution in [-0.4, -0.2) is 41.0 Å². The van der Waals surface area contributed by atoms with Gasteiger partial charge in [0.1, 0.15) is 17.7 Å². The molecular weight excluding hydrogens is 430 g/mol. The number of benzene rings is 1. The third kappa shape index (κ3) is 9.09. The predicted octanol–water partition coefficient (Wildman–Crippen LogP) is 4.70. The molecular formula is C27H41N3O4. The molecule has 0 heterocycles. The zero-order valence-electron chi connectivity index (χ0n) is 21.7. The average molecular weight is 472 g/mol. The number of alkyl carbamates (subject to hydrolysis) is 1. The van der Waals surface area contributed by atoms with Gasteiger partial charge in [-0.3, -0.25) is 14.5 Å². The highest BCUT2D eigenvalue weighted by molar-refractivity contribution is 5.93. The van der Waals surface area contributed by atoms with E-state index < -0.39 is 29.7 Å². The molecule has 3 unspecified atom stereocenters. The van der Waals surface area contributed by atoms with E-state index in [-0.39, 0.29) is 11.8 Å². The van der Waals surface area contributed by atoms with Crippen LogP contribution >= 0.6 is 0 Å². The summed E-state index contributed by atoms with van der Waals surface area (Å²) in [6.07, 6.45) is 8.56. The van der Waals surface area contributed by atoms with E-state index in [0.717, 1.165) is 29.7 Å². The van der Waals surface area contributed by atoms with Crippen molar-refractivity contribution in [2.24, 2.45) is 5.92 Å². The topological polar surface area (TPSA) is 87.7 Å². The van der Waals surface area contributed by atoms with Crippen molar-refractivity contribution in [2.75, 3.05) is 6.54 Å². The Hall–Kier alpha value is -3.01. The van der Waals surface area contributed by atoms with Gasteiger partial charge < -0.3 is 15.4 Å². The number of ether oxygens (including phenoxy) is 1. The van der Waals surface area contributed by atoms with Gasteiger partial charge in [0.2, 0.25) is 5.91 Å². The Labute approximate surface area is 205 Å². The highest BCUT2D eigenvalue weighted by atomic mass is 16.6.